The molecule has 0 radical (unpaired) electrons. The number of imidazole rings is 1. The van der Waals surface area contributed by atoms with Crippen molar-refractivity contribution in [3.05, 3.63) is 54.7 Å². The maximum atomic E-state index is 4.95. The predicted octanol–water partition coefficient (Wildman–Crippen LogP) is 3.77. The maximum Gasteiger partial charge on any atom is 0.159 e. The van der Waals surface area contributed by atoms with E-state index in [0.717, 1.165) is 76.3 Å². The van der Waals surface area contributed by atoms with Crippen LogP contribution >= 0.6 is 0 Å². The number of nitrogens with one attached hydrogen (secondary N) is 2. The van der Waals surface area contributed by atoms with Crippen molar-refractivity contribution >= 4 is 21.9 Å². The molecular weight excluding hydrogens is 388 g/mol. The highest BCUT2D eigenvalue weighted by molar-refractivity contribution is 5.94. The summed E-state index contributed by atoms with van der Waals surface area (Å²) in [6.07, 6.45) is 9.48. The van der Waals surface area contributed by atoms with Gasteiger partial charge in [-0.25, -0.2) is 4.98 Å². The second-order valence-corrected chi connectivity index (χ2v) is 8.18. The number of fused-ring (bicyclic) bond motifs is 2. The number of nitrogens with zero attached hydrogens (tertiary/aromatic N) is 6. The zero-order valence-corrected chi connectivity index (χ0v) is 17.2. The summed E-state index contributed by atoms with van der Waals surface area (Å²) in [5.41, 5.74) is 6.51. The molecule has 0 aromatic carbocycles. The van der Waals surface area contributed by atoms with Crippen LogP contribution in [0.2, 0.25) is 0 Å². The van der Waals surface area contributed by atoms with Gasteiger partial charge in [0, 0.05) is 35.5 Å². The molecule has 8 nitrogen and oxygen atoms in total. The second-order valence-electron chi connectivity index (χ2n) is 8.18. The second kappa shape index (κ2) is 7.24. The number of aromatic nitrogens is 7. The summed E-state index contributed by atoms with van der Waals surface area (Å²) >= 11 is 0. The molecule has 5 aromatic rings. The molecule has 0 amide bonds. The van der Waals surface area contributed by atoms with Crippen LogP contribution in [0.5, 0.6) is 0 Å². The Hall–Kier alpha value is -3.65. The minimum Gasteiger partial charge on any atom is -0.336 e. The fourth-order valence-corrected chi connectivity index (χ4v) is 4.42. The smallest absolute Gasteiger partial charge is 0.159 e. The molecule has 0 unspecified atom stereocenters. The molecule has 8 heteroatoms. The third-order valence-corrected chi connectivity index (χ3v) is 6.16. The van der Waals surface area contributed by atoms with Crippen LogP contribution in [0.15, 0.2) is 49.1 Å². The van der Waals surface area contributed by atoms with Crippen molar-refractivity contribution in [1.29, 1.82) is 0 Å². The minimum atomic E-state index is 0.438. The van der Waals surface area contributed by atoms with Gasteiger partial charge in [0.05, 0.1) is 28.6 Å². The Morgan fingerprint density at radius 2 is 1.94 bits per heavy atom. The van der Waals surface area contributed by atoms with Gasteiger partial charge >= 0.3 is 0 Å². The Morgan fingerprint density at radius 3 is 2.77 bits per heavy atom. The van der Waals surface area contributed by atoms with E-state index in [1.165, 1.54) is 0 Å². The van der Waals surface area contributed by atoms with Gasteiger partial charge in [-0.2, -0.15) is 5.10 Å². The SMILES string of the molecule is CN1CCC(c2nccc3[nH]c(-c4n[nH]c5cnc(-c6cccnc6)cc45)nc23)CC1. The lowest BCUT2D eigenvalue weighted by Gasteiger charge is -2.28. The molecule has 5 aromatic heterocycles. The average Bonchev–Trinajstić information content (AvgIpc) is 3.43. The topological polar surface area (TPSA) is 99.3 Å². The number of aromatic amines is 2. The normalized spacial score (nSPS) is 15.8. The zero-order chi connectivity index (χ0) is 20.8. The van der Waals surface area contributed by atoms with E-state index in [0.29, 0.717) is 5.92 Å². The van der Waals surface area contributed by atoms with Crippen LogP contribution in [-0.2, 0) is 0 Å². The number of hydrogen-bond donors (Lipinski definition) is 2. The van der Waals surface area contributed by atoms with Crippen molar-refractivity contribution in [2.24, 2.45) is 0 Å². The lowest BCUT2D eigenvalue weighted by molar-refractivity contribution is 0.254. The van der Waals surface area contributed by atoms with Gasteiger partial charge in [-0.1, -0.05) is 0 Å². The van der Waals surface area contributed by atoms with Crippen LogP contribution in [0, 0.1) is 0 Å². The molecule has 31 heavy (non-hydrogen) atoms. The summed E-state index contributed by atoms with van der Waals surface area (Å²) in [4.78, 5) is 24.3. The third kappa shape index (κ3) is 3.16. The Bertz CT molecular complexity index is 1360. The number of piperidine rings is 1. The van der Waals surface area contributed by atoms with E-state index in [4.69, 9.17) is 9.97 Å². The summed E-state index contributed by atoms with van der Waals surface area (Å²) in [5.74, 6) is 1.18. The standard InChI is InChI=1S/C23H22N8/c1-31-9-5-14(6-10-31)20-22-17(4-8-25-20)27-23(28-22)21-16-11-18(15-3-2-7-24-12-15)26-13-19(16)29-30-21/h2-4,7-8,11-14H,5-6,9-10H2,1H3,(H,27,28)(H,29,30). The fourth-order valence-electron chi connectivity index (χ4n) is 4.42. The maximum absolute atomic E-state index is 4.95. The number of pyridine rings is 3. The molecule has 0 spiro atoms. The van der Waals surface area contributed by atoms with Crippen molar-refractivity contribution in [3.8, 4) is 22.8 Å². The van der Waals surface area contributed by atoms with E-state index >= 15 is 0 Å². The van der Waals surface area contributed by atoms with E-state index < -0.39 is 0 Å². The first-order valence-corrected chi connectivity index (χ1v) is 10.5. The zero-order valence-electron chi connectivity index (χ0n) is 17.2. The van der Waals surface area contributed by atoms with E-state index in [-0.39, 0.29) is 0 Å². The summed E-state index contributed by atoms with van der Waals surface area (Å²) in [5, 5.41) is 8.60. The molecule has 1 aliphatic heterocycles. The first-order chi connectivity index (χ1) is 15.3. The van der Waals surface area contributed by atoms with Crippen molar-refractivity contribution in [2.75, 3.05) is 20.1 Å². The molecule has 6 heterocycles. The Morgan fingerprint density at radius 1 is 1.03 bits per heavy atom. The van der Waals surface area contributed by atoms with Gasteiger partial charge in [-0.3, -0.25) is 20.1 Å². The molecule has 6 rings (SSSR count). The molecule has 0 saturated carbocycles. The summed E-state index contributed by atoms with van der Waals surface area (Å²) in [6.45, 7) is 2.18. The number of H-pyrrole nitrogens is 2. The van der Waals surface area contributed by atoms with Gasteiger partial charge in [0.25, 0.3) is 0 Å². The lowest BCUT2D eigenvalue weighted by atomic mass is 9.92. The van der Waals surface area contributed by atoms with Crippen LogP contribution in [-0.4, -0.2) is 60.2 Å². The van der Waals surface area contributed by atoms with Crippen LogP contribution in [0.3, 0.4) is 0 Å². The largest absolute Gasteiger partial charge is 0.336 e. The molecule has 154 valence electrons. The molecule has 1 saturated heterocycles. The summed E-state index contributed by atoms with van der Waals surface area (Å²) in [6, 6.07) is 7.94. The monoisotopic (exact) mass is 410 g/mol. The molecular formula is C23H22N8. The van der Waals surface area contributed by atoms with E-state index in [1.54, 1.807) is 6.20 Å². The van der Waals surface area contributed by atoms with Gasteiger partial charge in [-0.15, -0.1) is 0 Å². The Labute approximate surface area is 178 Å². The van der Waals surface area contributed by atoms with Gasteiger partial charge in [0.1, 0.15) is 11.2 Å². The van der Waals surface area contributed by atoms with Crippen LogP contribution in [0.25, 0.3) is 44.7 Å². The van der Waals surface area contributed by atoms with Gasteiger partial charge in [0.2, 0.25) is 0 Å². The fraction of sp³-hybridized carbons (Fsp3) is 0.261. The van der Waals surface area contributed by atoms with E-state index in [9.17, 15) is 0 Å². The average molecular weight is 410 g/mol. The highest BCUT2D eigenvalue weighted by Crippen LogP contribution is 2.33. The van der Waals surface area contributed by atoms with Gasteiger partial charge in [0.15, 0.2) is 5.82 Å². The molecule has 2 N–H and O–H groups in total. The molecule has 1 fully saturated rings. The van der Waals surface area contributed by atoms with Crippen molar-refractivity contribution < 1.29 is 0 Å². The highest BCUT2D eigenvalue weighted by Gasteiger charge is 2.23. The lowest BCUT2D eigenvalue weighted by Crippen LogP contribution is -2.29. The Balaban J connectivity index is 1.44. The summed E-state index contributed by atoms with van der Waals surface area (Å²) in [7, 11) is 2.17. The third-order valence-electron chi connectivity index (χ3n) is 6.16. The van der Waals surface area contributed by atoms with Gasteiger partial charge in [-0.05, 0) is 57.2 Å². The Kier molecular flexibility index (Phi) is 4.24. The molecule has 0 bridgehead atoms. The van der Waals surface area contributed by atoms with E-state index in [2.05, 4.69) is 37.1 Å². The van der Waals surface area contributed by atoms with E-state index in [1.807, 2.05) is 42.9 Å². The number of rotatable bonds is 3. The summed E-state index contributed by atoms with van der Waals surface area (Å²) < 4.78 is 0. The van der Waals surface area contributed by atoms with Crippen molar-refractivity contribution in [1.82, 2.24) is 40.0 Å². The predicted molar refractivity (Wildman–Crippen MR) is 119 cm³/mol. The first kappa shape index (κ1) is 18.1. The quantitative estimate of drug-likeness (QED) is 0.470. The number of hydrogen-bond acceptors (Lipinski definition) is 6. The van der Waals surface area contributed by atoms with Crippen molar-refractivity contribution in [2.45, 2.75) is 18.8 Å². The molecule has 1 aliphatic rings. The van der Waals surface area contributed by atoms with Crippen LogP contribution < -0.4 is 0 Å². The number of likely N-dealkylation sites (tertiary alicyclic amines) is 1. The minimum absolute atomic E-state index is 0.438. The van der Waals surface area contributed by atoms with Crippen LogP contribution in [0.4, 0.5) is 0 Å². The highest BCUT2D eigenvalue weighted by atomic mass is 15.1. The van der Waals surface area contributed by atoms with Crippen molar-refractivity contribution in [3.63, 3.8) is 0 Å². The molecule has 0 aliphatic carbocycles. The first-order valence-electron chi connectivity index (χ1n) is 10.5. The molecule has 0 atom stereocenters. The van der Waals surface area contributed by atoms with Crippen LogP contribution in [0.1, 0.15) is 24.5 Å². The van der Waals surface area contributed by atoms with Gasteiger partial charge < -0.3 is 9.88 Å².